The minimum Gasteiger partial charge on any atom is -0.445 e. The summed E-state index contributed by atoms with van der Waals surface area (Å²) >= 11 is 0. The number of ether oxygens (including phenoxy) is 2. The Labute approximate surface area is 183 Å². The molecule has 8 nitrogen and oxygen atoms in total. The second-order valence-corrected chi connectivity index (χ2v) is 9.59. The summed E-state index contributed by atoms with van der Waals surface area (Å²) in [6.07, 6.45) is 0.794. The fourth-order valence-electron chi connectivity index (χ4n) is 4.03. The van der Waals surface area contributed by atoms with Gasteiger partial charge in [-0.3, -0.25) is 4.79 Å². The minimum absolute atomic E-state index is 0.0531. The molecule has 1 aromatic carbocycles. The van der Waals surface area contributed by atoms with Gasteiger partial charge in [-0.25, -0.2) is 9.59 Å². The Kier molecular flexibility index (Phi) is 6.77. The van der Waals surface area contributed by atoms with Crippen molar-refractivity contribution in [2.24, 2.45) is 5.41 Å². The SMILES string of the molecule is CC(NC(=O)OC(C)(C)C)C(=O)N1CC2(CCN(C(=O)OCc3ccccc3)CC2)C1. The van der Waals surface area contributed by atoms with Gasteiger partial charge in [-0.2, -0.15) is 0 Å². The van der Waals surface area contributed by atoms with Gasteiger partial charge in [-0.15, -0.1) is 0 Å². The first-order valence-corrected chi connectivity index (χ1v) is 10.8. The van der Waals surface area contributed by atoms with E-state index in [1.165, 1.54) is 0 Å². The summed E-state index contributed by atoms with van der Waals surface area (Å²) in [5.41, 5.74) is 0.410. The lowest BCUT2D eigenvalue weighted by atomic mass is 9.72. The molecule has 2 saturated heterocycles. The summed E-state index contributed by atoms with van der Waals surface area (Å²) < 4.78 is 10.6. The highest BCUT2D eigenvalue weighted by atomic mass is 16.6. The van der Waals surface area contributed by atoms with E-state index in [9.17, 15) is 14.4 Å². The molecule has 0 aromatic heterocycles. The Hall–Kier alpha value is -2.77. The van der Waals surface area contributed by atoms with Crippen molar-refractivity contribution in [3.8, 4) is 0 Å². The van der Waals surface area contributed by atoms with Crippen LogP contribution in [-0.2, 0) is 20.9 Å². The molecule has 0 saturated carbocycles. The summed E-state index contributed by atoms with van der Waals surface area (Å²) in [4.78, 5) is 40.4. The van der Waals surface area contributed by atoms with E-state index in [-0.39, 0.29) is 24.0 Å². The van der Waals surface area contributed by atoms with Crippen LogP contribution in [0.4, 0.5) is 9.59 Å². The van der Waals surface area contributed by atoms with E-state index in [0.717, 1.165) is 18.4 Å². The average molecular weight is 432 g/mol. The maximum absolute atomic E-state index is 12.6. The van der Waals surface area contributed by atoms with Crippen LogP contribution in [0.1, 0.15) is 46.1 Å². The van der Waals surface area contributed by atoms with Crippen molar-refractivity contribution in [1.82, 2.24) is 15.1 Å². The predicted molar refractivity (Wildman–Crippen MR) is 115 cm³/mol. The van der Waals surface area contributed by atoms with Crippen molar-refractivity contribution in [2.45, 2.75) is 58.8 Å². The number of alkyl carbamates (subject to hydrolysis) is 1. The standard InChI is InChI=1S/C23H33N3O5/c1-17(24-20(28)31-22(2,3)4)19(27)26-15-23(16-26)10-12-25(13-11-23)21(29)30-14-18-8-6-5-7-9-18/h5-9,17H,10-16H2,1-4H3,(H,24,28). The molecule has 1 aromatic rings. The number of piperidine rings is 1. The summed E-state index contributed by atoms with van der Waals surface area (Å²) in [6, 6.07) is 8.98. The monoisotopic (exact) mass is 431 g/mol. The van der Waals surface area contributed by atoms with E-state index in [1.54, 1.807) is 37.5 Å². The largest absolute Gasteiger partial charge is 0.445 e. The molecule has 8 heteroatoms. The third-order valence-corrected chi connectivity index (χ3v) is 5.76. The zero-order valence-corrected chi connectivity index (χ0v) is 18.8. The lowest BCUT2D eigenvalue weighted by molar-refractivity contribution is -0.148. The summed E-state index contributed by atoms with van der Waals surface area (Å²) in [7, 11) is 0. The first-order chi connectivity index (χ1) is 14.6. The lowest BCUT2D eigenvalue weighted by Gasteiger charge is -2.54. The third-order valence-electron chi connectivity index (χ3n) is 5.76. The van der Waals surface area contributed by atoms with Crippen LogP contribution in [0.2, 0.25) is 0 Å². The number of hydrogen-bond acceptors (Lipinski definition) is 5. The van der Waals surface area contributed by atoms with E-state index in [1.807, 2.05) is 30.3 Å². The van der Waals surface area contributed by atoms with E-state index in [0.29, 0.717) is 26.2 Å². The van der Waals surface area contributed by atoms with Crippen LogP contribution >= 0.6 is 0 Å². The zero-order valence-electron chi connectivity index (χ0n) is 18.8. The van der Waals surface area contributed by atoms with Crippen molar-refractivity contribution in [3.63, 3.8) is 0 Å². The number of amides is 3. The molecule has 3 rings (SSSR count). The quantitative estimate of drug-likeness (QED) is 0.791. The fourth-order valence-corrected chi connectivity index (χ4v) is 4.03. The van der Waals surface area contributed by atoms with Crippen LogP contribution in [0.15, 0.2) is 30.3 Å². The average Bonchev–Trinajstić information content (AvgIpc) is 2.69. The smallest absolute Gasteiger partial charge is 0.410 e. The van der Waals surface area contributed by atoms with Gasteiger partial charge in [0, 0.05) is 31.6 Å². The van der Waals surface area contributed by atoms with E-state index in [2.05, 4.69) is 5.32 Å². The van der Waals surface area contributed by atoms with Crippen molar-refractivity contribution in [1.29, 1.82) is 0 Å². The molecule has 2 fully saturated rings. The molecular formula is C23H33N3O5. The molecule has 31 heavy (non-hydrogen) atoms. The van der Waals surface area contributed by atoms with Crippen LogP contribution in [0.3, 0.4) is 0 Å². The van der Waals surface area contributed by atoms with Gasteiger partial charge in [0.05, 0.1) is 0 Å². The molecule has 0 aliphatic carbocycles. The third kappa shape index (κ3) is 6.12. The van der Waals surface area contributed by atoms with Gasteiger partial charge in [0.15, 0.2) is 0 Å². The maximum atomic E-state index is 12.6. The Balaban J connectivity index is 1.39. The van der Waals surface area contributed by atoms with Crippen LogP contribution in [0.5, 0.6) is 0 Å². The number of hydrogen-bond donors (Lipinski definition) is 1. The molecule has 1 atom stereocenters. The summed E-state index contributed by atoms with van der Waals surface area (Å²) in [5, 5.41) is 2.60. The molecule has 1 spiro atoms. The van der Waals surface area contributed by atoms with Crippen molar-refractivity contribution >= 4 is 18.1 Å². The van der Waals surface area contributed by atoms with E-state index >= 15 is 0 Å². The van der Waals surface area contributed by atoms with Gasteiger partial charge in [0.25, 0.3) is 0 Å². The summed E-state index contributed by atoms with van der Waals surface area (Å²) in [6.45, 7) is 9.84. The van der Waals surface area contributed by atoms with Gasteiger partial charge in [0.2, 0.25) is 5.91 Å². The first kappa shape index (κ1) is 22.9. The van der Waals surface area contributed by atoms with Crippen LogP contribution < -0.4 is 5.32 Å². The number of nitrogens with zero attached hydrogens (tertiary/aromatic N) is 2. The Bertz CT molecular complexity index is 789. The maximum Gasteiger partial charge on any atom is 0.410 e. The lowest BCUT2D eigenvalue weighted by Crippen LogP contribution is -2.64. The Morgan fingerprint density at radius 2 is 1.68 bits per heavy atom. The number of nitrogens with one attached hydrogen (secondary N) is 1. The van der Waals surface area contributed by atoms with Gasteiger partial charge in [-0.05, 0) is 46.1 Å². The topological polar surface area (TPSA) is 88.2 Å². The normalized spacial score (nSPS) is 18.7. The number of carbonyl (C=O) groups excluding carboxylic acids is 3. The molecule has 2 heterocycles. The highest BCUT2D eigenvalue weighted by Gasteiger charge is 2.48. The Morgan fingerprint density at radius 3 is 2.26 bits per heavy atom. The number of carbonyl (C=O) groups is 3. The Morgan fingerprint density at radius 1 is 1.06 bits per heavy atom. The molecule has 170 valence electrons. The molecule has 2 aliphatic heterocycles. The number of rotatable bonds is 4. The van der Waals surface area contributed by atoms with E-state index < -0.39 is 17.7 Å². The molecular weight excluding hydrogens is 398 g/mol. The number of benzene rings is 1. The predicted octanol–water partition coefficient (Wildman–Crippen LogP) is 3.16. The minimum atomic E-state index is -0.639. The van der Waals surface area contributed by atoms with Crippen LogP contribution in [0, 0.1) is 5.41 Å². The second-order valence-electron chi connectivity index (χ2n) is 9.59. The van der Waals surface area contributed by atoms with Crippen LogP contribution in [-0.4, -0.2) is 65.7 Å². The first-order valence-electron chi connectivity index (χ1n) is 10.8. The van der Waals surface area contributed by atoms with Crippen molar-refractivity contribution < 1.29 is 23.9 Å². The highest BCUT2D eigenvalue weighted by molar-refractivity contribution is 5.86. The molecule has 1 N–H and O–H groups in total. The molecule has 2 aliphatic rings. The van der Waals surface area contributed by atoms with Gasteiger partial charge in [0.1, 0.15) is 18.2 Å². The van der Waals surface area contributed by atoms with Gasteiger partial charge < -0.3 is 24.6 Å². The molecule has 0 bridgehead atoms. The summed E-state index contributed by atoms with van der Waals surface area (Å²) in [5.74, 6) is -0.110. The van der Waals surface area contributed by atoms with E-state index in [4.69, 9.17) is 9.47 Å². The second kappa shape index (κ2) is 9.16. The highest BCUT2D eigenvalue weighted by Crippen LogP contribution is 2.40. The number of likely N-dealkylation sites (tertiary alicyclic amines) is 2. The van der Waals surface area contributed by atoms with Crippen molar-refractivity contribution in [3.05, 3.63) is 35.9 Å². The van der Waals surface area contributed by atoms with Crippen molar-refractivity contribution in [2.75, 3.05) is 26.2 Å². The molecule has 0 radical (unpaired) electrons. The zero-order chi connectivity index (χ0) is 22.6. The fraction of sp³-hybridized carbons (Fsp3) is 0.609. The molecule has 1 unspecified atom stereocenters. The molecule has 3 amide bonds. The van der Waals surface area contributed by atoms with Crippen LogP contribution in [0.25, 0.3) is 0 Å². The van der Waals surface area contributed by atoms with Gasteiger partial charge >= 0.3 is 12.2 Å². The van der Waals surface area contributed by atoms with Gasteiger partial charge in [-0.1, -0.05) is 30.3 Å².